The zero-order valence-corrected chi connectivity index (χ0v) is 6.91. The number of hydrogen-bond acceptors (Lipinski definition) is 4. The molecule has 1 N–H and O–H groups in total. The van der Waals surface area contributed by atoms with E-state index in [9.17, 15) is 0 Å². The Bertz CT molecular complexity index is 50.0. The molecule has 1 rings (SSSR count). The van der Waals surface area contributed by atoms with Crippen LogP contribution in [0.4, 0.5) is 0 Å². The summed E-state index contributed by atoms with van der Waals surface area (Å²) >= 11 is 0. The molecule has 4 heteroatoms. The lowest BCUT2D eigenvalue weighted by atomic mass is 10.4. The lowest BCUT2D eigenvalue weighted by molar-refractivity contribution is -0.532. The Balaban J connectivity index is 0.000000187. The van der Waals surface area contributed by atoms with E-state index in [0.29, 0.717) is 19.8 Å². The second-order valence-corrected chi connectivity index (χ2v) is 2.14. The van der Waals surface area contributed by atoms with Crippen LogP contribution in [0.2, 0.25) is 0 Å². The lowest BCUT2D eigenvalue weighted by Crippen LogP contribution is -2.08. The molecule has 0 unspecified atom stereocenters. The third kappa shape index (κ3) is 9.84. The van der Waals surface area contributed by atoms with Gasteiger partial charge in [-0.1, -0.05) is 18.4 Å². The average molecular weight is 164 g/mol. The van der Waals surface area contributed by atoms with E-state index in [-0.39, 0.29) is 0 Å². The Morgan fingerprint density at radius 1 is 1.27 bits per heavy atom. The average Bonchev–Trinajstić information content (AvgIpc) is 2.10. The summed E-state index contributed by atoms with van der Waals surface area (Å²) in [6.07, 6.45) is 2.97. The van der Waals surface area contributed by atoms with Crippen molar-refractivity contribution < 1.29 is 19.9 Å². The quantitative estimate of drug-likeness (QED) is 0.620. The zero-order chi connectivity index (χ0) is 8.36. The highest BCUT2D eigenvalue weighted by molar-refractivity contribution is 4.28. The molecule has 11 heavy (non-hydrogen) atoms. The summed E-state index contributed by atoms with van der Waals surface area (Å²) in [5.74, 6) is 0. The highest BCUT2D eigenvalue weighted by Gasteiger charge is 1.96. The molecule has 1 aliphatic heterocycles. The molecular weight excluding hydrogens is 148 g/mol. The summed E-state index contributed by atoms with van der Waals surface area (Å²) in [4.78, 5) is 8.69. The van der Waals surface area contributed by atoms with E-state index in [1.807, 2.05) is 0 Å². The predicted octanol–water partition coefficient (Wildman–Crippen LogP) is 1.05. The Hall–Kier alpha value is -0.160. The van der Waals surface area contributed by atoms with E-state index in [1.165, 1.54) is 0 Å². The fourth-order valence-corrected chi connectivity index (χ4v) is 0.437. The van der Waals surface area contributed by atoms with Gasteiger partial charge in [-0.05, 0) is 6.42 Å². The maximum atomic E-state index is 8.07. The third-order valence-electron chi connectivity index (χ3n) is 1.06. The summed E-state index contributed by atoms with van der Waals surface area (Å²) in [7, 11) is 0. The smallest absolute Gasteiger partial charge is 0.0877 e. The van der Waals surface area contributed by atoms with Crippen LogP contribution in [0.5, 0.6) is 0 Å². The summed E-state index contributed by atoms with van der Waals surface area (Å²) in [5.41, 5.74) is 0. The van der Waals surface area contributed by atoms with Crippen LogP contribution in [-0.2, 0) is 14.8 Å². The molecule has 0 saturated carbocycles. The normalized spacial score (nSPS) is 16.9. The second kappa shape index (κ2) is 9.84. The summed E-state index contributed by atoms with van der Waals surface area (Å²) in [6.45, 7) is 3.70. The largest absolute Gasteiger partial charge is 0.396 e. The van der Waals surface area contributed by atoms with Crippen LogP contribution in [0.3, 0.4) is 0 Å². The van der Waals surface area contributed by atoms with Crippen LogP contribution >= 0.6 is 0 Å². The van der Waals surface area contributed by atoms with Gasteiger partial charge in [0.25, 0.3) is 0 Å². The molecule has 0 bridgehead atoms. The molecule has 0 aromatic rings. The molecular formula is C7H16O4. The van der Waals surface area contributed by atoms with E-state index >= 15 is 0 Å². The van der Waals surface area contributed by atoms with Crippen molar-refractivity contribution in [2.24, 2.45) is 0 Å². The molecule has 0 aliphatic carbocycles. The van der Waals surface area contributed by atoms with Crippen molar-refractivity contribution in [3.63, 3.8) is 0 Å². The predicted molar refractivity (Wildman–Crippen MR) is 39.6 cm³/mol. The van der Waals surface area contributed by atoms with Crippen LogP contribution in [0.1, 0.15) is 26.2 Å². The van der Waals surface area contributed by atoms with E-state index < -0.39 is 0 Å². The molecule has 0 aromatic carbocycles. The lowest BCUT2D eigenvalue weighted by Gasteiger charge is -2.06. The molecule has 0 spiro atoms. The van der Waals surface area contributed by atoms with Gasteiger partial charge in [-0.25, -0.2) is 9.78 Å². The van der Waals surface area contributed by atoms with Gasteiger partial charge in [-0.2, -0.15) is 0 Å². The first-order valence-corrected chi connectivity index (χ1v) is 3.93. The second-order valence-electron chi connectivity index (χ2n) is 2.14. The Morgan fingerprint density at radius 2 is 1.91 bits per heavy atom. The van der Waals surface area contributed by atoms with Crippen molar-refractivity contribution in [1.82, 2.24) is 0 Å². The standard InChI is InChI=1S/C4H10O.C3H6O3/c1-2-3-4-5;1-2-4-6-5-3-1/h5H,2-4H2,1H3;1-3H2. The molecule has 1 aliphatic rings. The first-order valence-electron chi connectivity index (χ1n) is 3.93. The number of aliphatic hydroxyl groups excluding tert-OH is 1. The minimum atomic E-state index is 0.344. The summed E-state index contributed by atoms with van der Waals surface area (Å²) in [6, 6.07) is 0. The van der Waals surface area contributed by atoms with Crippen LogP contribution in [-0.4, -0.2) is 24.9 Å². The maximum absolute atomic E-state index is 8.07. The van der Waals surface area contributed by atoms with Crippen LogP contribution in [0, 0.1) is 0 Å². The molecule has 1 saturated heterocycles. The number of rotatable bonds is 2. The van der Waals surface area contributed by atoms with Crippen LogP contribution in [0.15, 0.2) is 0 Å². The molecule has 0 radical (unpaired) electrons. The molecule has 0 amide bonds. The van der Waals surface area contributed by atoms with Gasteiger partial charge < -0.3 is 5.11 Å². The molecule has 1 fully saturated rings. The van der Waals surface area contributed by atoms with Gasteiger partial charge in [-0.15, -0.1) is 0 Å². The minimum Gasteiger partial charge on any atom is -0.396 e. The van der Waals surface area contributed by atoms with Crippen molar-refractivity contribution in [2.75, 3.05) is 19.8 Å². The van der Waals surface area contributed by atoms with Crippen molar-refractivity contribution in [3.8, 4) is 0 Å². The summed E-state index contributed by atoms with van der Waals surface area (Å²) in [5, 5.41) is 12.1. The zero-order valence-electron chi connectivity index (χ0n) is 6.91. The highest BCUT2D eigenvalue weighted by Crippen LogP contribution is 1.93. The van der Waals surface area contributed by atoms with Crippen molar-refractivity contribution >= 4 is 0 Å². The first kappa shape index (κ1) is 10.8. The van der Waals surface area contributed by atoms with Gasteiger partial charge >= 0.3 is 0 Å². The maximum Gasteiger partial charge on any atom is 0.0877 e. The number of aliphatic hydroxyl groups is 1. The molecule has 1 heterocycles. The van der Waals surface area contributed by atoms with Gasteiger partial charge in [0.1, 0.15) is 0 Å². The van der Waals surface area contributed by atoms with E-state index in [2.05, 4.69) is 21.7 Å². The first-order chi connectivity index (χ1) is 5.41. The number of hydrogen-bond donors (Lipinski definition) is 1. The van der Waals surface area contributed by atoms with Crippen molar-refractivity contribution in [3.05, 3.63) is 0 Å². The molecule has 4 nitrogen and oxygen atoms in total. The highest BCUT2D eigenvalue weighted by atomic mass is 17.5. The third-order valence-corrected chi connectivity index (χ3v) is 1.06. The summed E-state index contributed by atoms with van der Waals surface area (Å²) < 4.78 is 0. The monoisotopic (exact) mass is 164 g/mol. The van der Waals surface area contributed by atoms with E-state index in [4.69, 9.17) is 5.11 Å². The minimum absolute atomic E-state index is 0.344. The molecule has 0 aromatic heterocycles. The molecule has 0 atom stereocenters. The van der Waals surface area contributed by atoms with Gasteiger partial charge in [0.15, 0.2) is 0 Å². The van der Waals surface area contributed by atoms with Crippen LogP contribution < -0.4 is 0 Å². The van der Waals surface area contributed by atoms with Crippen molar-refractivity contribution in [1.29, 1.82) is 0 Å². The Labute approximate surface area is 66.9 Å². The van der Waals surface area contributed by atoms with Crippen molar-refractivity contribution in [2.45, 2.75) is 26.2 Å². The van der Waals surface area contributed by atoms with E-state index in [1.54, 1.807) is 0 Å². The Kier molecular flexibility index (Phi) is 9.70. The van der Waals surface area contributed by atoms with Gasteiger partial charge in [0.05, 0.1) is 13.2 Å². The molecule has 68 valence electrons. The Morgan fingerprint density at radius 3 is 2.00 bits per heavy atom. The van der Waals surface area contributed by atoms with Gasteiger partial charge in [-0.3, -0.25) is 0 Å². The van der Waals surface area contributed by atoms with Crippen LogP contribution in [0.25, 0.3) is 0 Å². The fourth-order valence-electron chi connectivity index (χ4n) is 0.437. The van der Waals surface area contributed by atoms with Gasteiger partial charge in [0, 0.05) is 13.0 Å². The topological polar surface area (TPSA) is 47.9 Å². The van der Waals surface area contributed by atoms with E-state index in [0.717, 1.165) is 19.3 Å². The number of unbranched alkanes of at least 4 members (excludes halogenated alkanes) is 1. The SMILES string of the molecule is C1COOOC1.CCCCO. The fraction of sp³-hybridized carbons (Fsp3) is 1.00. The van der Waals surface area contributed by atoms with Gasteiger partial charge in [0.2, 0.25) is 0 Å².